The Morgan fingerprint density at radius 2 is 1.91 bits per heavy atom. The molecule has 2 aromatic carbocycles. The lowest BCUT2D eigenvalue weighted by Crippen LogP contribution is -2.37. The third-order valence-corrected chi connectivity index (χ3v) is 6.06. The predicted octanol–water partition coefficient (Wildman–Crippen LogP) is 4.08. The number of ether oxygens (including phenoxy) is 1. The number of aliphatic hydroxyl groups excluding tert-OH is 1. The van der Waals surface area contributed by atoms with Crippen molar-refractivity contribution in [2.45, 2.75) is 31.8 Å². The number of methoxy groups -OCH3 is 1. The van der Waals surface area contributed by atoms with Gasteiger partial charge in [-0.05, 0) is 67.7 Å². The number of aromatic amines is 1. The van der Waals surface area contributed by atoms with Crippen molar-refractivity contribution in [1.82, 2.24) is 20.4 Å². The van der Waals surface area contributed by atoms with Crippen LogP contribution in [0.3, 0.4) is 0 Å². The number of nitrogens with zero attached hydrogens (tertiary/aromatic N) is 2. The van der Waals surface area contributed by atoms with Gasteiger partial charge in [-0.2, -0.15) is 18.3 Å². The van der Waals surface area contributed by atoms with Crippen molar-refractivity contribution in [3.05, 3.63) is 59.3 Å². The normalized spacial score (nSPS) is 17.0. The molecule has 3 N–H and O–H groups in total. The predicted molar refractivity (Wildman–Crippen MR) is 115 cm³/mol. The zero-order chi connectivity index (χ0) is 22.7. The van der Waals surface area contributed by atoms with Crippen molar-refractivity contribution in [3.8, 4) is 5.75 Å². The Morgan fingerprint density at radius 3 is 2.56 bits per heavy atom. The highest BCUT2D eigenvalue weighted by molar-refractivity contribution is 5.83. The van der Waals surface area contributed by atoms with Gasteiger partial charge in [-0.3, -0.25) is 15.3 Å². The number of alkyl halides is 3. The van der Waals surface area contributed by atoms with Gasteiger partial charge in [0, 0.05) is 18.5 Å². The van der Waals surface area contributed by atoms with Gasteiger partial charge in [-0.1, -0.05) is 12.1 Å². The third-order valence-electron chi connectivity index (χ3n) is 6.06. The standard InChI is InChI=1S/C23H27F3N4O2/c1-32-18-6-7-20-19(12-18)21(29-28-20)22(31)27-13-15-8-10-30(11-9-15)14-16-2-4-17(5-3-16)23(24,25)26/h2-7,12,15,22,27,31H,8-11,13-14H2,1H3,(H,28,29). The summed E-state index contributed by atoms with van der Waals surface area (Å²) in [6, 6.07) is 10.9. The summed E-state index contributed by atoms with van der Waals surface area (Å²) in [5, 5.41) is 21.7. The summed E-state index contributed by atoms with van der Waals surface area (Å²) in [7, 11) is 1.60. The van der Waals surface area contributed by atoms with E-state index in [2.05, 4.69) is 20.4 Å². The fourth-order valence-corrected chi connectivity index (χ4v) is 4.13. The summed E-state index contributed by atoms with van der Waals surface area (Å²) in [6.07, 6.45) is -3.25. The lowest BCUT2D eigenvalue weighted by molar-refractivity contribution is -0.137. The number of hydrogen-bond acceptors (Lipinski definition) is 5. The average Bonchev–Trinajstić information content (AvgIpc) is 3.21. The van der Waals surface area contributed by atoms with E-state index in [1.807, 2.05) is 18.2 Å². The van der Waals surface area contributed by atoms with Crippen LogP contribution in [0.5, 0.6) is 5.75 Å². The van der Waals surface area contributed by atoms with E-state index >= 15 is 0 Å². The number of benzene rings is 2. The van der Waals surface area contributed by atoms with Gasteiger partial charge in [0.1, 0.15) is 12.0 Å². The van der Waals surface area contributed by atoms with Gasteiger partial charge in [0.15, 0.2) is 0 Å². The fraction of sp³-hybridized carbons (Fsp3) is 0.435. The Bertz CT molecular complexity index is 1030. The summed E-state index contributed by atoms with van der Waals surface area (Å²) in [5.74, 6) is 1.12. The number of likely N-dealkylation sites (tertiary alicyclic amines) is 1. The van der Waals surface area contributed by atoms with Crippen molar-refractivity contribution < 1.29 is 23.0 Å². The summed E-state index contributed by atoms with van der Waals surface area (Å²) < 4.78 is 43.4. The van der Waals surface area contributed by atoms with Crippen LogP contribution in [0.15, 0.2) is 42.5 Å². The Morgan fingerprint density at radius 1 is 1.19 bits per heavy atom. The highest BCUT2D eigenvalue weighted by atomic mass is 19.4. The maximum atomic E-state index is 12.7. The van der Waals surface area contributed by atoms with Gasteiger partial charge in [0.2, 0.25) is 0 Å². The topological polar surface area (TPSA) is 73.4 Å². The summed E-state index contributed by atoms with van der Waals surface area (Å²) in [5.41, 5.74) is 1.64. The van der Waals surface area contributed by atoms with Crippen LogP contribution >= 0.6 is 0 Å². The van der Waals surface area contributed by atoms with Crippen LogP contribution in [0.2, 0.25) is 0 Å². The first kappa shape index (κ1) is 22.6. The largest absolute Gasteiger partial charge is 0.497 e. The molecule has 4 rings (SSSR count). The highest BCUT2D eigenvalue weighted by Crippen LogP contribution is 2.30. The number of H-pyrrole nitrogens is 1. The van der Waals surface area contributed by atoms with Crippen LogP contribution in [0.25, 0.3) is 10.9 Å². The molecule has 1 aromatic heterocycles. The molecule has 0 amide bonds. The quantitative estimate of drug-likeness (QED) is 0.475. The SMILES string of the molecule is COc1ccc2n[nH]c(C(O)NCC3CCN(Cc4ccc(C(F)(F)F)cc4)CC3)c2c1. The first-order valence-electron chi connectivity index (χ1n) is 10.7. The molecule has 3 aromatic rings. The monoisotopic (exact) mass is 448 g/mol. The molecule has 0 spiro atoms. The number of aliphatic hydroxyl groups is 1. The minimum atomic E-state index is -4.30. The van der Waals surface area contributed by atoms with Crippen LogP contribution in [-0.2, 0) is 12.7 Å². The Balaban J connectivity index is 1.25. The number of aromatic nitrogens is 2. The molecule has 1 fully saturated rings. The van der Waals surface area contributed by atoms with Gasteiger partial charge in [0.05, 0.1) is 23.9 Å². The van der Waals surface area contributed by atoms with Crippen LogP contribution in [0.4, 0.5) is 13.2 Å². The molecule has 1 saturated heterocycles. The fourth-order valence-electron chi connectivity index (χ4n) is 4.13. The summed E-state index contributed by atoms with van der Waals surface area (Å²) >= 11 is 0. The van der Waals surface area contributed by atoms with E-state index in [-0.39, 0.29) is 0 Å². The Hall–Kier alpha value is -2.62. The second-order valence-corrected chi connectivity index (χ2v) is 8.25. The molecule has 1 atom stereocenters. The van der Waals surface area contributed by atoms with E-state index in [9.17, 15) is 18.3 Å². The van der Waals surface area contributed by atoms with Crippen molar-refractivity contribution in [2.24, 2.45) is 5.92 Å². The molecule has 1 unspecified atom stereocenters. The van der Waals surface area contributed by atoms with Gasteiger partial charge >= 0.3 is 6.18 Å². The molecule has 9 heteroatoms. The van der Waals surface area contributed by atoms with Gasteiger partial charge in [0.25, 0.3) is 0 Å². The molecule has 32 heavy (non-hydrogen) atoms. The molecule has 6 nitrogen and oxygen atoms in total. The molecule has 0 radical (unpaired) electrons. The maximum Gasteiger partial charge on any atom is 0.416 e. The zero-order valence-corrected chi connectivity index (χ0v) is 17.8. The highest BCUT2D eigenvalue weighted by Gasteiger charge is 2.30. The van der Waals surface area contributed by atoms with Crippen LogP contribution in [-0.4, -0.2) is 46.9 Å². The van der Waals surface area contributed by atoms with Gasteiger partial charge in [-0.15, -0.1) is 0 Å². The van der Waals surface area contributed by atoms with Crippen molar-refractivity contribution in [2.75, 3.05) is 26.7 Å². The summed E-state index contributed by atoms with van der Waals surface area (Å²) in [4.78, 5) is 2.25. The van der Waals surface area contributed by atoms with Crippen molar-refractivity contribution in [3.63, 3.8) is 0 Å². The van der Waals surface area contributed by atoms with Crippen molar-refractivity contribution >= 4 is 10.9 Å². The molecule has 0 aliphatic carbocycles. The van der Waals surface area contributed by atoms with Crippen LogP contribution in [0, 0.1) is 5.92 Å². The molecule has 1 aliphatic heterocycles. The van der Waals surface area contributed by atoms with Gasteiger partial charge < -0.3 is 9.84 Å². The molecule has 172 valence electrons. The molecular weight excluding hydrogens is 421 g/mol. The maximum absolute atomic E-state index is 12.7. The molecule has 1 aliphatic rings. The Labute approximate surface area is 184 Å². The van der Waals surface area contributed by atoms with E-state index in [0.29, 0.717) is 30.5 Å². The summed E-state index contributed by atoms with van der Waals surface area (Å²) in [6.45, 7) is 3.05. The third kappa shape index (κ3) is 5.23. The lowest BCUT2D eigenvalue weighted by atomic mass is 9.96. The first-order chi connectivity index (χ1) is 15.3. The first-order valence-corrected chi connectivity index (χ1v) is 10.7. The van der Waals surface area contributed by atoms with Crippen LogP contribution in [0.1, 0.15) is 35.9 Å². The lowest BCUT2D eigenvalue weighted by Gasteiger charge is -2.32. The van der Waals surface area contributed by atoms with E-state index in [4.69, 9.17) is 4.74 Å². The average molecular weight is 448 g/mol. The number of rotatable bonds is 7. The smallest absolute Gasteiger partial charge is 0.416 e. The number of hydrogen-bond donors (Lipinski definition) is 3. The van der Waals surface area contributed by atoms with Crippen molar-refractivity contribution in [1.29, 1.82) is 0 Å². The molecular formula is C23H27F3N4O2. The second-order valence-electron chi connectivity index (χ2n) is 8.25. The van der Waals surface area contributed by atoms with Gasteiger partial charge in [-0.25, -0.2) is 0 Å². The minimum absolute atomic E-state index is 0.414. The zero-order valence-electron chi connectivity index (χ0n) is 17.8. The van der Waals surface area contributed by atoms with E-state index in [1.165, 1.54) is 0 Å². The van der Waals surface area contributed by atoms with E-state index < -0.39 is 18.0 Å². The van der Waals surface area contributed by atoms with Crippen LogP contribution < -0.4 is 10.1 Å². The van der Waals surface area contributed by atoms with E-state index in [1.54, 1.807) is 19.2 Å². The number of piperidine rings is 1. The minimum Gasteiger partial charge on any atom is -0.497 e. The molecule has 2 heterocycles. The number of nitrogens with one attached hydrogen (secondary N) is 2. The second kappa shape index (κ2) is 9.48. The Kier molecular flexibility index (Phi) is 6.68. The molecule has 0 bridgehead atoms. The van der Waals surface area contributed by atoms with E-state index in [0.717, 1.165) is 54.5 Å². The number of fused-ring (bicyclic) bond motifs is 1. The molecule has 0 saturated carbocycles. The number of halogens is 3.